The topological polar surface area (TPSA) is 9.72 Å². The number of rotatable bonds is 9. The van der Waals surface area contributed by atoms with Gasteiger partial charge in [0.05, 0.1) is 17.1 Å². The monoisotopic (exact) mass is 1000 g/mol. The zero-order valence-corrected chi connectivity index (χ0v) is 45.3. The van der Waals surface area contributed by atoms with Crippen LogP contribution in [-0.2, 0) is 10.8 Å². The molecule has 4 heteroatoms. The van der Waals surface area contributed by atoms with Gasteiger partial charge in [0.2, 0.25) is 0 Å². The van der Waals surface area contributed by atoms with Crippen LogP contribution < -0.4 is 31.1 Å². The van der Waals surface area contributed by atoms with Crippen LogP contribution in [0.5, 0.6) is 0 Å². The molecule has 0 unspecified atom stereocenters. The third-order valence-corrected chi connectivity index (χ3v) is 15.9. The van der Waals surface area contributed by atoms with Gasteiger partial charge in [-0.25, -0.2) is 0 Å². The highest BCUT2D eigenvalue weighted by atomic mass is 15.2. The van der Waals surface area contributed by atoms with E-state index in [0.717, 1.165) is 84.3 Å². The van der Waals surface area contributed by atoms with Crippen molar-refractivity contribution in [3.05, 3.63) is 278 Å². The summed E-state index contributed by atoms with van der Waals surface area (Å²) in [6, 6.07) is 99.3. The van der Waals surface area contributed by atoms with Crippen LogP contribution in [0.15, 0.2) is 267 Å². The van der Waals surface area contributed by atoms with Crippen molar-refractivity contribution in [3.8, 4) is 44.5 Å². The van der Waals surface area contributed by atoms with E-state index in [1.807, 2.05) is 0 Å². The third kappa shape index (κ3) is 8.49. The first-order valence-corrected chi connectivity index (χ1v) is 27.5. The molecule has 0 saturated carbocycles. The van der Waals surface area contributed by atoms with E-state index in [4.69, 9.17) is 0 Å². The quantitative estimate of drug-likeness (QED) is 0.133. The Morgan fingerprint density at radius 2 is 0.603 bits per heavy atom. The molecule has 13 rings (SSSR count). The normalized spacial score (nSPS) is 12.7. The first-order valence-electron chi connectivity index (χ1n) is 27.5. The number of anilines is 9. The minimum absolute atomic E-state index is 0.125. The van der Waals surface area contributed by atoms with E-state index in [0.29, 0.717) is 0 Å². The highest BCUT2D eigenvalue weighted by Crippen LogP contribution is 2.55. The fourth-order valence-corrected chi connectivity index (χ4v) is 12.1. The average Bonchev–Trinajstić information content (AvgIpc) is 3.35. The minimum atomic E-state index is -0.134. The van der Waals surface area contributed by atoms with Crippen LogP contribution in [0, 0.1) is 0 Å². The fourth-order valence-electron chi connectivity index (χ4n) is 12.1. The molecule has 2 aliphatic rings. The Morgan fingerprint density at radius 3 is 0.910 bits per heavy atom. The van der Waals surface area contributed by atoms with Crippen LogP contribution in [0.25, 0.3) is 44.5 Å². The molecular weight excluding hydrogens is 942 g/mol. The number of benzene rings is 11. The van der Waals surface area contributed by atoms with E-state index in [2.05, 4.69) is 323 Å². The van der Waals surface area contributed by atoms with Gasteiger partial charge in [-0.1, -0.05) is 260 Å². The van der Waals surface area contributed by atoms with Crippen LogP contribution in [0.3, 0.4) is 0 Å². The highest BCUT2D eigenvalue weighted by Gasteiger charge is 2.46. The molecule has 11 aromatic rings. The van der Waals surface area contributed by atoms with Crippen molar-refractivity contribution in [2.24, 2.45) is 0 Å². The van der Waals surface area contributed by atoms with Gasteiger partial charge in [-0.2, -0.15) is 0 Å². The zero-order chi connectivity index (χ0) is 53.1. The second-order valence-corrected chi connectivity index (χ2v) is 22.9. The summed E-state index contributed by atoms with van der Waals surface area (Å²) in [4.78, 5) is 7.78. The van der Waals surface area contributed by atoms with E-state index < -0.39 is 0 Å². The maximum atomic E-state index is 2.66. The first kappa shape index (κ1) is 48.5. The lowest BCUT2D eigenvalue weighted by atomic mass is 9.33. The predicted octanol–water partition coefficient (Wildman–Crippen LogP) is 18.5. The Labute approximate surface area is 461 Å². The molecule has 0 aliphatic carbocycles. The van der Waals surface area contributed by atoms with Crippen molar-refractivity contribution < 1.29 is 0 Å². The lowest BCUT2D eigenvalue weighted by molar-refractivity contribution is 0.590. The molecular formula is C74H62BN3. The smallest absolute Gasteiger partial charge is 0.252 e. The molecule has 3 nitrogen and oxygen atoms in total. The fraction of sp³-hybridized carbons (Fsp3) is 0.108. The maximum absolute atomic E-state index is 2.66. The largest absolute Gasteiger partial charge is 0.310 e. The Balaban J connectivity index is 1.25. The molecule has 2 heterocycles. The predicted molar refractivity (Wildman–Crippen MR) is 334 cm³/mol. The second-order valence-electron chi connectivity index (χ2n) is 22.9. The van der Waals surface area contributed by atoms with Gasteiger partial charge in [0.25, 0.3) is 6.71 Å². The molecule has 0 amide bonds. The summed E-state index contributed by atoms with van der Waals surface area (Å²) in [5.74, 6) is 0. The molecule has 0 spiro atoms. The van der Waals surface area contributed by atoms with Crippen molar-refractivity contribution in [1.82, 2.24) is 0 Å². The first-order chi connectivity index (χ1) is 38.0. The number of fused-ring (bicyclic) bond motifs is 4. The molecule has 11 aromatic carbocycles. The molecule has 0 N–H and O–H groups in total. The molecule has 0 bridgehead atoms. The molecule has 0 fully saturated rings. The van der Waals surface area contributed by atoms with Crippen molar-refractivity contribution in [3.63, 3.8) is 0 Å². The Hall–Kier alpha value is -9.12. The molecule has 0 atom stereocenters. The van der Waals surface area contributed by atoms with Crippen LogP contribution >= 0.6 is 0 Å². The number of nitrogens with zero attached hydrogens (tertiary/aromatic N) is 3. The van der Waals surface area contributed by atoms with Crippen LogP contribution in [0.1, 0.15) is 52.7 Å². The van der Waals surface area contributed by atoms with Crippen molar-refractivity contribution >= 4 is 74.3 Å². The van der Waals surface area contributed by atoms with E-state index in [-0.39, 0.29) is 17.5 Å². The molecule has 78 heavy (non-hydrogen) atoms. The van der Waals surface area contributed by atoms with Crippen molar-refractivity contribution in [2.75, 3.05) is 14.7 Å². The lowest BCUT2D eigenvalue weighted by Gasteiger charge is -2.47. The molecule has 0 aromatic heterocycles. The number of hydrogen-bond donors (Lipinski definition) is 0. The van der Waals surface area contributed by atoms with Gasteiger partial charge in [-0.15, -0.1) is 0 Å². The molecule has 0 saturated heterocycles. The zero-order valence-electron chi connectivity index (χ0n) is 45.3. The highest BCUT2D eigenvalue weighted by molar-refractivity contribution is 7.00. The SMILES string of the molecule is CC(C)(C)c1ccc2c(c1)N(c1c(-c3ccccc3)cccc1-c1ccccc1)c1cc(N(c3ccccc3)c3ccccc3)cc3c1B2c1ccc(C(C)(C)C)cc1N3c1c(-c2ccccc2)cccc1-c1ccccc1. The van der Waals surface area contributed by atoms with Gasteiger partial charge in [-0.05, 0) is 109 Å². The van der Waals surface area contributed by atoms with Gasteiger partial charge >= 0.3 is 0 Å². The van der Waals surface area contributed by atoms with Crippen LogP contribution in [0.2, 0.25) is 0 Å². The summed E-state index contributed by atoms with van der Waals surface area (Å²) >= 11 is 0. The summed E-state index contributed by atoms with van der Waals surface area (Å²) in [6.07, 6.45) is 0. The summed E-state index contributed by atoms with van der Waals surface area (Å²) < 4.78 is 0. The van der Waals surface area contributed by atoms with Gasteiger partial charge in [0.15, 0.2) is 0 Å². The average molecular weight is 1000 g/mol. The maximum Gasteiger partial charge on any atom is 0.252 e. The molecule has 2 aliphatic heterocycles. The summed E-state index contributed by atoms with van der Waals surface area (Å²) in [5, 5.41) is 0. The Morgan fingerprint density at radius 1 is 0.295 bits per heavy atom. The lowest BCUT2D eigenvalue weighted by Crippen LogP contribution is -2.61. The van der Waals surface area contributed by atoms with Gasteiger partial charge in [0.1, 0.15) is 0 Å². The Bertz CT molecular complexity index is 3610. The van der Waals surface area contributed by atoms with Crippen molar-refractivity contribution in [1.29, 1.82) is 0 Å². The summed E-state index contributed by atoms with van der Waals surface area (Å²) in [6.45, 7) is 13.9. The van der Waals surface area contributed by atoms with E-state index in [1.54, 1.807) is 0 Å². The van der Waals surface area contributed by atoms with E-state index in [9.17, 15) is 0 Å². The second kappa shape index (κ2) is 19.5. The molecule has 376 valence electrons. The summed E-state index contributed by atoms with van der Waals surface area (Å²) in [7, 11) is 0. The third-order valence-electron chi connectivity index (χ3n) is 15.9. The van der Waals surface area contributed by atoms with Gasteiger partial charge in [-0.3, -0.25) is 0 Å². The van der Waals surface area contributed by atoms with Crippen molar-refractivity contribution in [2.45, 2.75) is 52.4 Å². The van der Waals surface area contributed by atoms with Crippen LogP contribution in [-0.4, -0.2) is 6.71 Å². The summed E-state index contributed by atoms with van der Waals surface area (Å²) in [5.41, 5.74) is 25.5. The standard InChI is InChI=1S/C74H62BN3/c1-73(2,3)55-43-45-64-66(47-55)77(71-60(51-27-13-7-14-28-51)39-25-40-61(71)52-29-15-8-16-30-52)68-49-59(76(57-35-21-11-22-36-57)58-37-23-12-24-38-58)50-69-70(68)75(64)65-46-44-56(74(4,5)6)48-67(65)78(69)72-62(53-31-17-9-18-32-53)41-26-42-63(72)54-33-19-10-20-34-54/h7-50H,1-6H3. The number of para-hydroxylation sites is 4. The van der Waals surface area contributed by atoms with Crippen LogP contribution in [0.4, 0.5) is 51.2 Å². The van der Waals surface area contributed by atoms with E-state index in [1.165, 1.54) is 38.9 Å². The molecule has 0 radical (unpaired) electrons. The Kier molecular flexibility index (Phi) is 12.1. The number of hydrogen-bond acceptors (Lipinski definition) is 3. The minimum Gasteiger partial charge on any atom is -0.310 e. The van der Waals surface area contributed by atoms with Gasteiger partial charge < -0.3 is 14.7 Å². The van der Waals surface area contributed by atoms with Gasteiger partial charge in [0, 0.05) is 56.4 Å². The van der Waals surface area contributed by atoms with E-state index >= 15 is 0 Å².